The number of cyclic esters (lactones) is 2. The fourth-order valence-electron chi connectivity index (χ4n) is 2.80. The summed E-state index contributed by atoms with van der Waals surface area (Å²) < 4.78 is 4.55. The Labute approximate surface area is 145 Å². The second-order valence-electron chi connectivity index (χ2n) is 6.09. The Kier molecular flexibility index (Phi) is 3.97. The summed E-state index contributed by atoms with van der Waals surface area (Å²) in [5, 5.41) is 0. The molecule has 3 rings (SSSR count). The molecule has 0 saturated heterocycles. The van der Waals surface area contributed by atoms with Crippen molar-refractivity contribution in [3.05, 3.63) is 82.9 Å². The smallest absolute Gasteiger partial charge is 0.346 e. The molecule has 0 aromatic heterocycles. The van der Waals surface area contributed by atoms with Gasteiger partial charge in [0.15, 0.2) is 5.78 Å². The Bertz CT molecular complexity index is 979. The van der Waals surface area contributed by atoms with Crippen molar-refractivity contribution in [1.29, 1.82) is 0 Å². The lowest BCUT2D eigenvalue weighted by molar-refractivity contribution is 0.0443. The SMILES string of the molecule is C=C(C)c1ccc(C(=O)c2ccc3c(c2)C(=O)OC3=O)cc1C(=C)C. The van der Waals surface area contributed by atoms with Gasteiger partial charge in [0.05, 0.1) is 11.1 Å². The molecular formula is C21H16O4. The lowest BCUT2D eigenvalue weighted by atomic mass is 9.92. The van der Waals surface area contributed by atoms with E-state index in [2.05, 4.69) is 17.9 Å². The molecule has 0 fully saturated rings. The van der Waals surface area contributed by atoms with Crippen LogP contribution < -0.4 is 0 Å². The molecule has 0 spiro atoms. The Balaban J connectivity index is 2.05. The van der Waals surface area contributed by atoms with E-state index in [1.807, 2.05) is 19.9 Å². The third kappa shape index (κ3) is 2.83. The van der Waals surface area contributed by atoms with Crippen molar-refractivity contribution in [2.75, 3.05) is 0 Å². The highest BCUT2D eigenvalue weighted by Gasteiger charge is 2.30. The van der Waals surface area contributed by atoms with Gasteiger partial charge in [-0.3, -0.25) is 4.79 Å². The Morgan fingerprint density at radius 3 is 2.00 bits per heavy atom. The molecule has 1 aliphatic heterocycles. The summed E-state index contributed by atoms with van der Waals surface area (Å²) in [5.41, 5.74) is 4.60. The van der Waals surface area contributed by atoms with Crippen LogP contribution in [-0.2, 0) is 4.74 Å². The largest absolute Gasteiger partial charge is 0.386 e. The molecule has 0 bridgehead atoms. The van der Waals surface area contributed by atoms with Crippen LogP contribution in [0.4, 0.5) is 0 Å². The van der Waals surface area contributed by atoms with Crippen LogP contribution in [0.3, 0.4) is 0 Å². The highest BCUT2D eigenvalue weighted by Crippen LogP contribution is 2.27. The van der Waals surface area contributed by atoms with E-state index in [-0.39, 0.29) is 16.9 Å². The lowest BCUT2D eigenvalue weighted by Crippen LogP contribution is -2.05. The van der Waals surface area contributed by atoms with E-state index >= 15 is 0 Å². The van der Waals surface area contributed by atoms with Crippen molar-refractivity contribution in [2.24, 2.45) is 0 Å². The lowest BCUT2D eigenvalue weighted by Gasteiger charge is -2.11. The molecule has 2 aromatic carbocycles. The molecular weight excluding hydrogens is 316 g/mol. The van der Waals surface area contributed by atoms with Gasteiger partial charge < -0.3 is 4.74 Å². The fourth-order valence-corrected chi connectivity index (χ4v) is 2.80. The van der Waals surface area contributed by atoms with Gasteiger partial charge in [-0.25, -0.2) is 9.59 Å². The average molecular weight is 332 g/mol. The summed E-state index contributed by atoms with van der Waals surface area (Å²) in [5.74, 6) is -1.66. The van der Waals surface area contributed by atoms with Crippen LogP contribution in [0.1, 0.15) is 61.6 Å². The van der Waals surface area contributed by atoms with Crippen molar-refractivity contribution >= 4 is 28.9 Å². The standard InChI is InChI=1S/C21H16O4/c1-11(2)15-7-5-13(9-17(15)12(3)4)19(22)14-6-8-16-18(10-14)21(24)25-20(16)23/h5-10H,1,3H2,2,4H3. The fraction of sp³-hybridized carbons (Fsp3) is 0.0952. The van der Waals surface area contributed by atoms with Gasteiger partial charge in [0, 0.05) is 11.1 Å². The molecule has 4 nitrogen and oxygen atoms in total. The molecule has 0 radical (unpaired) electrons. The van der Waals surface area contributed by atoms with E-state index in [0.29, 0.717) is 11.1 Å². The summed E-state index contributed by atoms with van der Waals surface area (Å²) in [6, 6.07) is 9.69. The van der Waals surface area contributed by atoms with Gasteiger partial charge >= 0.3 is 11.9 Å². The van der Waals surface area contributed by atoms with E-state index in [1.165, 1.54) is 18.2 Å². The number of carbonyl (C=O) groups is 3. The predicted octanol–water partition coefficient (Wildman–Crippen LogP) is 4.29. The summed E-state index contributed by atoms with van der Waals surface area (Å²) >= 11 is 0. The van der Waals surface area contributed by atoms with Crippen LogP contribution in [-0.4, -0.2) is 17.7 Å². The quantitative estimate of drug-likeness (QED) is 0.476. The maximum absolute atomic E-state index is 12.8. The topological polar surface area (TPSA) is 60.4 Å². The summed E-state index contributed by atoms with van der Waals surface area (Å²) in [6.07, 6.45) is 0. The van der Waals surface area contributed by atoms with E-state index in [0.717, 1.165) is 22.3 Å². The first-order chi connectivity index (χ1) is 11.8. The molecule has 4 heteroatoms. The van der Waals surface area contributed by atoms with Crippen LogP contribution in [0, 0.1) is 0 Å². The number of fused-ring (bicyclic) bond motifs is 1. The average Bonchev–Trinajstić information content (AvgIpc) is 2.87. The van der Waals surface area contributed by atoms with Crippen LogP contribution in [0.25, 0.3) is 11.1 Å². The van der Waals surface area contributed by atoms with Crippen LogP contribution in [0.15, 0.2) is 49.6 Å². The Hall–Kier alpha value is -3.27. The first-order valence-corrected chi connectivity index (χ1v) is 7.70. The van der Waals surface area contributed by atoms with Gasteiger partial charge in [0.2, 0.25) is 0 Å². The molecule has 0 N–H and O–H groups in total. The normalized spacial score (nSPS) is 12.6. The van der Waals surface area contributed by atoms with Gasteiger partial charge in [0.1, 0.15) is 0 Å². The zero-order chi connectivity index (χ0) is 18.3. The van der Waals surface area contributed by atoms with Crippen molar-refractivity contribution in [1.82, 2.24) is 0 Å². The maximum Gasteiger partial charge on any atom is 0.346 e. The van der Waals surface area contributed by atoms with Gasteiger partial charge in [-0.1, -0.05) is 42.5 Å². The third-order valence-electron chi connectivity index (χ3n) is 4.11. The van der Waals surface area contributed by atoms with E-state index in [4.69, 9.17) is 0 Å². The van der Waals surface area contributed by atoms with Gasteiger partial charge in [-0.05, 0) is 43.2 Å². The summed E-state index contributed by atoms with van der Waals surface area (Å²) in [4.78, 5) is 36.0. The molecule has 1 aliphatic rings. The molecule has 25 heavy (non-hydrogen) atoms. The number of esters is 2. The second kappa shape index (κ2) is 5.98. The number of hydrogen-bond acceptors (Lipinski definition) is 4. The number of hydrogen-bond donors (Lipinski definition) is 0. The first kappa shape index (κ1) is 16.6. The van der Waals surface area contributed by atoms with Crippen LogP contribution in [0.2, 0.25) is 0 Å². The number of ketones is 1. The molecule has 0 atom stereocenters. The van der Waals surface area contributed by atoms with Gasteiger partial charge in [-0.2, -0.15) is 0 Å². The van der Waals surface area contributed by atoms with Crippen molar-refractivity contribution < 1.29 is 19.1 Å². The summed E-state index contributed by atoms with van der Waals surface area (Å²) in [6.45, 7) is 11.7. The second-order valence-corrected chi connectivity index (χ2v) is 6.09. The van der Waals surface area contributed by atoms with Gasteiger partial charge in [-0.15, -0.1) is 0 Å². The minimum absolute atomic E-state index is 0.120. The maximum atomic E-state index is 12.8. The number of allylic oxidation sites excluding steroid dienone is 2. The Morgan fingerprint density at radius 2 is 1.36 bits per heavy atom. The van der Waals surface area contributed by atoms with Crippen LogP contribution in [0.5, 0.6) is 0 Å². The van der Waals surface area contributed by atoms with E-state index in [9.17, 15) is 14.4 Å². The molecule has 1 heterocycles. The monoisotopic (exact) mass is 332 g/mol. The molecule has 0 amide bonds. The Morgan fingerprint density at radius 1 is 0.800 bits per heavy atom. The van der Waals surface area contributed by atoms with Crippen molar-refractivity contribution in [2.45, 2.75) is 13.8 Å². The van der Waals surface area contributed by atoms with E-state index < -0.39 is 11.9 Å². The highest BCUT2D eigenvalue weighted by molar-refractivity contribution is 6.17. The predicted molar refractivity (Wildman–Crippen MR) is 95.5 cm³/mol. The van der Waals surface area contributed by atoms with Gasteiger partial charge in [0.25, 0.3) is 0 Å². The van der Waals surface area contributed by atoms with E-state index in [1.54, 1.807) is 12.1 Å². The molecule has 0 unspecified atom stereocenters. The molecule has 0 aliphatic carbocycles. The first-order valence-electron chi connectivity index (χ1n) is 7.70. The highest BCUT2D eigenvalue weighted by atomic mass is 16.6. The molecule has 2 aromatic rings. The number of carbonyl (C=O) groups excluding carboxylic acids is 3. The zero-order valence-electron chi connectivity index (χ0n) is 14.0. The zero-order valence-corrected chi connectivity index (χ0v) is 14.0. The molecule has 124 valence electrons. The third-order valence-corrected chi connectivity index (χ3v) is 4.11. The minimum Gasteiger partial charge on any atom is -0.386 e. The van der Waals surface area contributed by atoms with Crippen molar-refractivity contribution in [3.8, 4) is 0 Å². The number of benzene rings is 2. The minimum atomic E-state index is -0.727. The van der Waals surface area contributed by atoms with Crippen LogP contribution >= 0.6 is 0 Å². The number of rotatable bonds is 4. The summed E-state index contributed by atoms with van der Waals surface area (Å²) in [7, 11) is 0. The number of ether oxygens (including phenoxy) is 1. The molecule has 0 saturated carbocycles. The van der Waals surface area contributed by atoms with Crippen molar-refractivity contribution in [3.63, 3.8) is 0 Å².